The van der Waals surface area contributed by atoms with Gasteiger partial charge in [0.15, 0.2) is 0 Å². The molecule has 0 aromatic heterocycles. The molecule has 1 aromatic carbocycles. The van der Waals surface area contributed by atoms with Crippen LogP contribution in [-0.4, -0.2) is 18.7 Å². The summed E-state index contributed by atoms with van der Waals surface area (Å²) < 4.78 is 5.39. The fraction of sp³-hybridized carbons (Fsp3) is 0.571. The summed E-state index contributed by atoms with van der Waals surface area (Å²) in [4.78, 5) is 0. The predicted molar refractivity (Wildman–Crippen MR) is 73.4 cm³/mol. The van der Waals surface area contributed by atoms with Crippen LogP contribution in [0.15, 0.2) is 30.3 Å². The van der Waals surface area contributed by atoms with Gasteiger partial charge < -0.3 is 9.68 Å². The Morgan fingerprint density at radius 2 is 1.65 bits per heavy atom. The molecule has 1 N–H and O–H groups in total. The minimum Gasteiger partial charge on any atom is -0.423 e. The third kappa shape index (κ3) is 6.49. The molecule has 0 aliphatic heterocycles. The molecular formula is C14H23BO2. The van der Waals surface area contributed by atoms with Crippen LogP contribution in [0.1, 0.15) is 45.4 Å². The van der Waals surface area contributed by atoms with Crippen molar-refractivity contribution in [3.8, 4) is 0 Å². The normalized spacial score (nSPS) is 10.5. The number of hydrogen-bond donors (Lipinski definition) is 1. The molecule has 94 valence electrons. The first kappa shape index (κ1) is 14.3. The monoisotopic (exact) mass is 234 g/mol. The van der Waals surface area contributed by atoms with Gasteiger partial charge >= 0.3 is 7.12 Å². The van der Waals surface area contributed by atoms with Gasteiger partial charge in [-0.25, -0.2) is 0 Å². The highest BCUT2D eigenvalue weighted by atomic mass is 16.5. The van der Waals surface area contributed by atoms with Gasteiger partial charge in [0.1, 0.15) is 0 Å². The summed E-state index contributed by atoms with van der Waals surface area (Å²) in [5.41, 5.74) is 0.832. The minimum atomic E-state index is -0.771. The molecule has 0 saturated carbocycles. The molecule has 1 aromatic rings. The fourth-order valence-electron chi connectivity index (χ4n) is 1.79. The Morgan fingerprint density at radius 1 is 1.00 bits per heavy atom. The van der Waals surface area contributed by atoms with Crippen LogP contribution in [0.4, 0.5) is 0 Å². The largest absolute Gasteiger partial charge is 0.491 e. The highest BCUT2D eigenvalue weighted by Crippen LogP contribution is 2.05. The van der Waals surface area contributed by atoms with E-state index in [9.17, 15) is 5.02 Å². The lowest BCUT2D eigenvalue weighted by atomic mass is 9.80. The lowest BCUT2D eigenvalue weighted by Gasteiger charge is -2.08. The van der Waals surface area contributed by atoms with Crippen molar-refractivity contribution >= 4 is 12.6 Å². The second-order valence-corrected chi connectivity index (χ2v) is 4.40. The zero-order valence-electron chi connectivity index (χ0n) is 10.8. The van der Waals surface area contributed by atoms with E-state index in [1.165, 1.54) is 32.1 Å². The van der Waals surface area contributed by atoms with Gasteiger partial charge in [-0.05, 0) is 11.9 Å². The number of unbranched alkanes of at least 4 members (excludes halogenated alkanes) is 5. The van der Waals surface area contributed by atoms with Crippen LogP contribution >= 0.6 is 0 Å². The first-order valence-electron chi connectivity index (χ1n) is 6.69. The lowest BCUT2D eigenvalue weighted by molar-refractivity contribution is 0.261. The summed E-state index contributed by atoms with van der Waals surface area (Å²) in [5.74, 6) is 0. The smallest absolute Gasteiger partial charge is 0.423 e. The first-order valence-corrected chi connectivity index (χ1v) is 6.69. The highest BCUT2D eigenvalue weighted by molar-refractivity contribution is 6.59. The Hall–Kier alpha value is -0.795. The fourth-order valence-corrected chi connectivity index (χ4v) is 1.79. The van der Waals surface area contributed by atoms with E-state index in [1.807, 2.05) is 30.3 Å². The van der Waals surface area contributed by atoms with Crippen molar-refractivity contribution in [2.75, 3.05) is 6.61 Å². The van der Waals surface area contributed by atoms with E-state index in [-0.39, 0.29) is 0 Å². The third-order valence-corrected chi connectivity index (χ3v) is 2.86. The summed E-state index contributed by atoms with van der Waals surface area (Å²) in [5, 5.41) is 9.74. The molecule has 0 bridgehead atoms. The molecule has 17 heavy (non-hydrogen) atoms. The van der Waals surface area contributed by atoms with Crippen molar-refractivity contribution in [2.24, 2.45) is 0 Å². The topological polar surface area (TPSA) is 29.5 Å². The van der Waals surface area contributed by atoms with E-state index in [0.29, 0.717) is 6.61 Å². The van der Waals surface area contributed by atoms with Crippen LogP contribution in [0.25, 0.3) is 0 Å². The molecule has 0 fully saturated rings. The van der Waals surface area contributed by atoms with Crippen molar-refractivity contribution in [3.05, 3.63) is 30.3 Å². The maximum absolute atomic E-state index is 9.74. The lowest BCUT2D eigenvalue weighted by Crippen LogP contribution is -2.33. The summed E-state index contributed by atoms with van der Waals surface area (Å²) in [6.07, 6.45) is 7.43. The first-order chi connectivity index (χ1) is 8.34. The van der Waals surface area contributed by atoms with E-state index < -0.39 is 7.12 Å². The Kier molecular flexibility index (Phi) is 7.77. The van der Waals surface area contributed by atoms with Gasteiger partial charge in [0.05, 0.1) is 0 Å². The highest BCUT2D eigenvalue weighted by Gasteiger charge is 2.14. The molecule has 0 aliphatic rings. The molecule has 0 atom stereocenters. The van der Waals surface area contributed by atoms with Crippen LogP contribution in [0.5, 0.6) is 0 Å². The molecular weight excluding hydrogens is 211 g/mol. The molecule has 0 radical (unpaired) electrons. The van der Waals surface area contributed by atoms with Crippen molar-refractivity contribution < 1.29 is 9.68 Å². The molecule has 0 aliphatic carbocycles. The molecule has 1 rings (SSSR count). The van der Waals surface area contributed by atoms with E-state index in [2.05, 4.69) is 6.92 Å². The molecule has 0 spiro atoms. The maximum Gasteiger partial charge on any atom is 0.491 e. The van der Waals surface area contributed by atoms with Gasteiger partial charge in [-0.15, -0.1) is 0 Å². The predicted octanol–water partition coefficient (Wildman–Crippen LogP) is 2.75. The van der Waals surface area contributed by atoms with Gasteiger partial charge in [0.2, 0.25) is 0 Å². The third-order valence-electron chi connectivity index (χ3n) is 2.86. The van der Waals surface area contributed by atoms with Gasteiger partial charge in [0.25, 0.3) is 0 Å². The van der Waals surface area contributed by atoms with E-state index in [1.54, 1.807) is 0 Å². The summed E-state index contributed by atoms with van der Waals surface area (Å²) in [6.45, 7) is 2.86. The Morgan fingerprint density at radius 3 is 2.35 bits per heavy atom. The Balaban J connectivity index is 2.03. The molecule has 0 amide bonds. The maximum atomic E-state index is 9.74. The van der Waals surface area contributed by atoms with Crippen LogP contribution in [-0.2, 0) is 4.65 Å². The molecule has 0 unspecified atom stereocenters. The van der Waals surface area contributed by atoms with Crippen LogP contribution < -0.4 is 5.46 Å². The van der Waals surface area contributed by atoms with E-state index >= 15 is 0 Å². The molecule has 3 heteroatoms. The zero-order chi connectivity index (χ0) is 12.3. The van der Waals surface area contributed by atoms with Crippen molar-refractivity contribution in [3.63, 3.8) is 0 Å². The van der Waals surface area contributed by atoms with E-state index in [0.717, 1.165) is 11.9 Å². The van der Waals surface area contributed by atoms with Gasteiger partial charge in [-0.2, -0.15) is 0 Å². The van der Waals surface area contributed by atoms with Crippen molar-refractivity contribution in [1.82, 2.24) is 0 Å². The zero-order valence-corrected chi connectivity index (χ0v) is 10.8. The second-order valence-electron chi connectivity index (χ2n) is 4.40. The summed E-state index contributed by atoms with van der Waals surface area (Å²) in [7, 11) is -0.771. The molecule has 0 saturated heterocycles. The summed E-state index contributed by atoms with van der Waals surface area (Å²) >= 11 is 0. The van der Waals surface area contributed by atoms with Gasteiger partial charge in [0, 0.05) is 6.61 Å². The summed E-state index contributed by atoms with van der Waals surface area (Å²) in [6, 6.07) is 9.51. The standard InChI is InChI=1S/C14H23BO2/c1-2-3-4-5-6-10-13-17-15(16)14-11-8-7-9-12-14/h7-9,11-12,16H,2-6,10,13H2,1H3. The van der Waals surface area contributed by atoms with Crippen LogP contribution in [0.2, 0.25) is 0 Å². The minimum absolute atomic E-state index is 0.641. The average molecular weight is 234 g/mol. The van der Waals surface area contributed by atoms with E-state index in [4.69, 9.17) is 4.65 Å². The van der Waals surface area contributed by atoms with Crippen LogP contribution in [0, 0.1) is 0 Å². The average Bonchev–Trinajstić information content (AvgIpc) is 2.38. The second kappa shape index (κ2) is 9.26. The quantitative estimate of drug-likeness (QED) is 0.525. The number of rotatable bonds is 9. The van der Waals surface area contributed by atoms with Gasteiger partial charge in [-0.1, -0.05) is 69.4 Å². The SMILES string of the molecule is CCCCCCCCOB(O)c1ccccc1. The van der Waals surface area contributed by atoms with Crippen molar-refractivity contribution in [2.45, 2.75) is 45.4 Å². The molecule has 0 heterocycles. The van der Waals surface area contributed by atoms with Gasteiger partial charge in [-0.3, -0.25) is 0 Å². The van der Waals surface area contributed by atoms with Crippen LogP contribution in [0.3, 0.4) is 0 Å². The Bertz CT molecular complexity index is 277. The number of hydrogen-bond acceptors (Lipinski definition) is 2. The number of benzene rings is 1. The van der Waals surface area contributed by atoms with Crippen molar-refractivity contribution in [1.29, 1.82) is 0 Å². The molecule has 2 nitrogen and oxygen atoms in total. The Labute approximate surface area is 105 Å².